The van der Waals surface area contributed by atoms with Crippen LogP contribution < -0.4 is 5.32 Å². The number of aromatic nitrogens is 1. The van der Waals surface area contributed by atoms with E-state index in [0.29, 0.717) is 10.9 Å². The summed E-state index contributed by atoms with van der Waals surface area (Å²) >= 11 is 0. The number of hydrogen-bond acceptors (Lipinski definition) is 4. The lowest BCUT2D eigenvalue weighted by atomic mass is 10.0. The Morgan fingerprint density at radius 2 is 1.72 bits per heavy atom. The number of anilines is 1. The summed E-state index contributed by atoms with van der Waals surface area (Å²) < 4.78 is 28.5. The lowest BCUT2D eigenvalue weighted by molar-refractivity contribution is -0.133. The molecule has 0 unspecified atom stereocenters. The molecule has 1 heterocycles. The summed E-state index contributed by atoms with van der Waals surface area (Å²) in [7, 11) is 0. The molecule has 0 spiro atoms. The number of amides is 1. The van der Waals surface area contributed by atoms with Gasteiger partial charge in [-0.25, -0.2) is 0 Å². The molecule has 0 aliphatic heterocycles. The molecule has 25 heavy (non-hydrogen) atoms. The number of carbonyl (C=O) groups excluding carboxylic acids is 2. The third-order valence-electron chi connectivity index (χ3n) is 3.60. The van der Waals surface area contributed by atoms with Crippen LogP contribution in [-0.2, 0) is 4.79 Å². The highest BCUT2D eigenvalue weighted by Crippen LogP contribution is 2.28. The van der Waals surface area contributed by atoms with Crippen LogP contribution in [0.4, 0.5) is 14.5 Å². The molecule has 0 bridgehead atoms. The molecule has 126 valence electrons. The van der Waals surface area contributed by atoms with Gasteiger partial charge in [-0.05, 0) is 24.3 Å². The fourth-order valence-electron chi connectivity index (χ4n) is 2.34. The highest BCUT2D eigenvalue weighted by molar-refractivity contribution is 6.20. The van der Waals surface area contributed by atoms with Gasteiger partial charge >= 0.3 is 11.8 Å². The second-order valence-corrected chi connectivity index (χ2v) is 5.26. The Morgan fingerprint density at radius 3 is 2.48 bits per heavy atom. The highest BCUT2D eigenvalue weighted by Gasteiger charge is 2.48. The molecule has 0 saturated carbocycles. The molecule has 0 aliphatic rings. The molecule has 2 aromatic carbocycles. The Kier molecular flexibility index (Phi) is 4.14. The lowest BCUT2D eigenvalue weighted by Crippen LogP contribution is -2.42. The smallest absolute Gasteiger partial charge is 0.386 e. The van der Waals surface area contributed by atoms with E-state index in [1.807, 2.05) is 5.32 Å². The van der Waals surface area contributed by atoms with Gasteiger partial charge in [-0.2, -0.15) is 8.78 Å². The number of phenolic OH excluding ortho intramolecular Hbond substituents is 1. The van der Waals surface area contributed by atoms with Gasteiger partial charge in [0, 0.05) is 11.6 Å². The Balaban J connectivity index is 1.91. The Labute approximate surface area is 140 Å². The zero-order valence-electron chi connectivity index (χ0n) is 12.7. The van der Waals surface area contributed by atoms with Crippen LogP contribution in [0.5, 0.6) is 5.75 Å². The summed E-state index contributed by atoms with van der Waals surface area (Å²) in [5, 5.41) is 12.3. The van der Waals surface area contributed by atoms with Crippen LogP contribution in [0.2, 0.25) is 0 Å². The predicted octanol–water partition coefficient (Wildman–Crippen LogP) is 3.40. The van der Waals surface area contributed by atoms with Crippen molar-refractivity contribution in [2.75, 3.05) is 5.32 Å². The lowest BCUT2D eigenvalue weighted by Gasteiger charge is -2.16. The molecule has 1 aromatic heterocycles. The first kappa shape index (κ1) is 16.5. The summed E-state index contributed by atoms with van der Waals surface area (Å²) in [6.45, 7) is 0. The zero-order valence-corrected chi connectivity index (χ0v) is 12.7. The molecule has 7 heteroatoms. The molecule has 0 radical (unpaired) electrons. The maximum Gasteiger partial charge on any atom is 0.386 e. The quantitative estimate of drug-likeness (QED) is 0.563. The molecular formula is C18H12F2N2O3. The van der Waals surface area contributed by atoms with Crippen LogP contribution in [0.1, 0.15) is 10.4 Å². The molecule has 2 N–H and O–H groups in total. The Bertz CT molecular complexity index is 968. The third-order valence-corrected chi connectivity index (χ3v) is 3.60. The first-order valence-corrected chi connectivity index (χ1v) is 7.27. The van der Waals surface area contributed by atoms with Gasteiger partial charge < -0.3 is 10.4 Å². The molecule has 3 rings (SSSR count). The van der Waals surface area contributed by atoms with Gasteiger partial charge in [0.15, 0.2) is 0 Å². The number of ketones is 1. The number of fused-ring (bicyclic) bond motifs is 1. The van der Waals surface area contributed by atoms with Crippen LogP contribution in [-0.4, -0.2) is 27.7 Å². The van der Waals surface area contributed by atoms with Crippen molar-refractivity contribution in [2.45, 2.75) is 5.92 Å². The van der Waals surface area contributed by atoms with Crippen LogP contribution in [0.3, 0.4) is 0 Å². The summed E-state index contributed by atoms with van der Waals surface area (Å²) in [5.41, 5.74) is -0.240. The number of carbonyl (C=O) groups is 2. The summed E-state index contributed by atoms with van der Waals surface area (Å²) in [5.74, 6) is -8.54. The number of halogens is 2. The van der Waals surface area contributed by atoms with E-state index in [1.165, 1.54) is 24.4 Å². The van der Waals surface area contributed by atoms with E-state index >= 15 is 0 Å². The average molecular weight is 342 g/mol. The largest absolute Gasteiger partial charge is 0.507 e. The van der Waals surface area contributed by atoms with Crippen LogP contribution in [0, 0.1) is 0 Å². The average Bonchev–Trinajstić information content (AvgIpc) is 2.62. The number of hydrogen-bond donors (Lipinski definition) is 2. The monoisotopic (exact) mass is 342 g/mol. The molecule has 3 aromatic rings. The zero-order chi connectivity index (χ0) is 18.0. The SMILES string of the molecule is O=C(Nc1cccc2cccnc12)C(F)(F)C(=O)c1ccccc1O. The molecular weight excluding hydrogens is 330 g/mol. The maximum absolute atomic E-state index is 14.3. The molecule has 0 aliphatic carbocycles. The first-order chi connectivity index (χ1) is 11.9. The van der Waals surface area contributed by atoms with Crippen molar-refractivity contribution in [3.05, 3.63) is 66.4 Å². The summed E-state index contributed by atoms with van der Waals surface area (Å²) in [6, 6.07) is 12.9. The van der Waals surface area contributed by atoms with E-state index in [0.717, 1.165) is 12.1 Å². The normalized spacial score (nSPS) is 11.3. The molecule has 0 fully saturated rings. The van der Waals surface area contributed by atoms with Crippen molar-refractivity contribution in [2.24, 2.45) is 0 Å². The van der Waals surface area contributed by atoms with Gasteiger partial charge in [0.2, 0.25) is 5.78 Å². The summed E-state index contributed by atoms with van der Waals surface area (Å²) in [6.07, 6.45) is 1.46. The number of Topliss-reactive ketones (excluding diaryl/α,β-unsaturated/α-hetero) is 1. The van der Waals surface area contributed by atoms with Crippen molar-refractivity contribution in [1.82, 2.24) is 4.98 Å². The molecule has 0 atom stereocenters. The maximum atomic E-state index is 14.3. The standard InChI is InChI=1S/C18H12F2N2O3/c19-18(20,16(24)12-7-1-2-9-14(12)23)17(25)22-13-8-3-5-11-6-4-10-21-15(11)13/h1-10,23H,(H,22,25). The number of alkyl halides is 2. The van der Waals surface area contributed by atoms with Gasteiger partial charge in [0.05, 0.1) is 16.8 Å². The van der Waals surface area contributed by atoms with Crippen molar-refractivity contribution in [1.29, 1.82) is 0 Å². The number of para-hydroxylation sites is 2. The van der Waals surface area contributed by atoms with Gasteiger partial charge in [0.1, 0.15) is 5.75 Å². The number of nitrogens with zero attached hydrogens (tertiary/aromatic N) is 1. The minimum absolute atomic E-state index is 0.0628. The predicted molar refractivity (Wildman–Crippen MR) is 87.8 cm³/mol. The fourth-order valence-corrected chi connectivity index (χ4v) is 2.34. The van der Waals surface area contributed by atoms with E-state index in [2.05, 4.69) is 4.98 Å². The van der Waals surface area contributed by atoms with Crippen LogP contribution in [0.25, 0.3) is 10.9 Å². The minimum atomic E-state index is -4.35. The van der Waals surface area contributed by atoms with Gasteiger partial charge in [-0.15, -0.1) is 0 Å². The van der Waals surface area contributed by atoms with Gasteiger partial charge in [0.25, 0.3) is 0 Å². The second-order valence-electron chi connectivity index (χ2n) is 5.26. The number of phenols is 1. The molecule has 1 amide bonds. The number of nitrogens with one attached hydrogen (secondary N) is 1. The highest BCUT2D eigenvalue weighted by atomic mass is 19.3. The van der Waals surface area contributed by atoms with Crippen molar-refractivity contribution < 1.29 is 23.5 Å². The van der Waals surface area contributed by atoms with E-state index in [4.69, 9.17) is 0 Å². The number of aromatic hydroxyl groups is 1. The molecule has 5 nitrogen and oxygen atoms in total. The molecule has 0 saturated heterocycles. The number of pyridine rings is 1. The number of rotatable bonds is 4. The first-order valence-electron chi connectivity index (χ1n) is 7.27. The van der Waals surface area contributed by atoms with Crippen molar-refractivity contribution in [3.63, 3.8) is 0 Å². The van der Waals surface area contributed by atoms with Crippen molar-refractivity contribution >= 4 is 28.3 Å². The summed E-state index contributed by atoms with van der Waals surface area (Å²) in [4.78, 5) is 28.1. The van der Waals surface area contributed by atoms with E-state index < -0.39 is 28.9 Å². The second kappa shape index (κ2) is 6.27. The van der Waals surface area contributed by atoms with E-state index in [-0.39, 0.29) is 5.69 Å². The Hall–Kier alpha value is -3.35. The minimum Gasteiger partial charge on any atom is -0.507 e. The van der Waals surface area contributed by atoms with Crippen molar-refractivity contribution in [3.8, 4) is 5.75 Å². The third kappa shape index (κ3) is 3.03. The van der Waals surface area contributed by atoms with E-state index in [9.17, 15) is 23.5 Å². The van der Waals surface area contributed by atoms with Gasteiger partial charge in [-0.1, -0.05) is 30.3 Å². The van der Waals surface area contributed by atoms with Crippen LogP contribution in [0.15, 0.2) is 60.8 Å². The van der Waals surface area contributed by atoms with Crippen LogP contribution >= 0.6 is 0 Å². The van der Waals surface area contributed by atoms with Gasteiger partial charge in [-0.3, -0.25) is 14.6 Å². The topological polar surface area (TPSA) is 79.3 Å². The van der Waals surface area contributed by atoms with E-state index in [1.54, 1.807) is 24.3 Å². The number of benzene rings is 2. The fraction of sp³-hybridized carbons (Fsp3) is 0.0556. The Morgan fingerprint density at radius 1 is 1.00 bits per heavy atom.